The van der Waals surface area contributed by atoms with Crippen molar-refractivity contribution in [2.24, 2.45) is 0 Å². The molecule has 4 heteroatoms. The minimum atomic E-state index is 0.704. The van der Waals surface area contributed by atoms with E-state index < -0.39 is 0 Å². The fourth-order valence-corrected chi connectivity index (χ4v) is 2.61. The second-order valence-corrected chi connectivity index (χ2v) is 5.48. The zero-order valence-electron chi connectivity index (χ0n) is 11.1. The summed E-state index contributed by atoms with van der Waals surface area (Å²) < 4.78 is 12.6. The molecule has 1 aliphatic rings. The minimum Gasteiger partial charge on any atom is -0.490 e. The third kappa shape index (κ3) is 2.90. The van der Waals surface area contributed by atoms with Crippen LogP contribution < -0.4 is 14.8 Å². The van der Waals surface area contributed by atoms with Gasteiger partial charge in [0.1, 0.15) is 0 Å². The molecule has 0 spiro atoms. The number of ether oxygens (including phenoxy) is 2. The van der Waals surface area contributed by atoms with E-state index >= 15 is 0 Å². The first kappa shape index (κ1) is 13.3. The highest BCUT2D eigenvalue weighted by Crippen LogP contribution is 2.34. The van der Waals surface area contributed by atoms with E-state index in [-0.39, 0.29) is 0 Å². The summed E-state index contributed by atoms with van der Waals surface area (Å²) >= 11 is 3.54. The number of halogens is 1. The molecule has 0 saturated carbocycles. The number of rotatable bonds is 3. The minimum absolute atomic E-state index is 0.704. The van der Waals surface area contributed by atoms with E-state index in [2.05, 4.69) is 27.3 Å². The third-order valence-electron chi connectivity index (χ3n) is 3.20. The van der Waals surface area contributed by atoms with Gasteiger partial charge >= 0.3 is 0 Å². The molecule has 20 heavy (non-hydrogen) atoms. The van der Waals surface area contributed by atoms with E-state index in [1.54, 1.807) is 0 Å². The fourth-order valence-electron chi connectivity index (χ4n) is 2.19. The highest BCUT2D eigenvalue weighted by Gasteiger charge is 2.14. The zero-order valence-corrected chi connectivity index (χ0v) is 12.7. The van der Waals surface area contributed by atoms with E-state index in [0.29, 0.717) is 19.8 Å². The first-order valence-corrected chi connectivity index (χ1v) is 7.50. The van der Waals surface area contributed by atoms with Crippen molar-refractivity contribution in [2.45, 2.75) is 13.0 Å². The summed E-state index contributed by atoms with van der Waals surface area (Å²) in [5.41, 5.74) is 2.18. The maximum absolute atomic E-state index is 5.82. The Morgan fingerprint density at radius 2 is 1.85 bits per heavy atom. The van der Waals surface area contributed by atoms with Crippen LogP contribution in [-0.4, -0.2) is 13.2 Å². The monoisotopic (exact) mass is 333 g/mol. The van der Waals surface area contributed by atoms with Crippen molar-refractivity contribution in [3.05, 3.63) is 52.5 Å². The van der Waals surface area contributed by atoms with Crippen LogP contribution in [0.15, 0.2) is 46.9 Å². The SMILES string of the molecule is Brc1ccccc1NCc1cccc2c1OCCCO2. The fraction of sp³-hybridized carbons (Fsp3) is 0.250. The lowest BCUT2D eigenvalue weighted by Crippen LogP contribution is -2.04. The topological polar surface area (TPSA) is 30.5 Å². The van der Waals surface area contributed by atoms with E-state index in [4.69, 9.17) is 9.47 Å². The van der Waals surface area contributed by atoms with Crippen molar-refractivity contribution < 1.29 is 9.47 Å². The molecular weight excluding hydrogens is 318 g/mol. The number of hydrogen-bond donors (Lipinski definition) is 1. The second kappa shape index (κ2) is 6.18. The van der Waals surface area contributed by atoms with Crippen molar-refractivity contribution in [3.63, 3.8) is 0 Å². The molecule has 2 aromatic carbocycles. The lowest BCUT2D eigenvalue weighted by atomic mass is 10.1. The van der Waals surface area contributed by atoms with Crippen LogP contribution in [0.5, 0.6) is 11.5 Å². The van der Waals surface area contributed by atoms with Gasteiger partial charge in [0, 0.05) is 28.7 Å². The summed E-state index contributed by atoms with van der Waals surface area (Å²) in [4.78, 5) is 0. The molecule has 0 bridgehead atoms. The highest BCUT2D eigenvalue weighted by atomic mass is 79.9. The van der Waals surface area contributed by atoms with Gasteiger partial charge in [-0.1, -0.05) is 24.3 Å². The number of fused-ring (bicyclic) bond motifs is 1. The maximum Gasteiger partial charge on any atom is 0.166 e. The van der Waals surface area contributed by atoms with Crippen molar-refractivity contribution in [1.29, 1.82) is 0 Å². The normalized spacial score (nSPS) is 13.7. The van der Waals surface area contributed by atoms with Gasteiger partial charge in [-0.15, -0.1) is 0 Å². The van der Waals surface area contributed by atoms with Crippen molar-refractivity contribution >= 4 is 21.6 Å². The van der Waals surface area contributed by atoms with E-state index in [9.17, 15) is 0 Å². The first-order valence-electron chi connectivity index (χ1n) is 6.70. The number of benzene rings is 2. The molecule has 1 N–H and O–H groups in total. The average Bonchev–Trinajstić information content (AvgIpc) is 2.72. The molecule has 3 rings (SSSR count). The van der Waals surface area contributed by atoms with Gasteiger partial charge in [-0.2, -0.15) is 0 Å². The van der Waals surface area contributed by atoms with E-state index in [0.717, 1.165) is 33.6 Å². The molecule has 0 amide bonds. The van der Waals surface area contributed by atoms with Crippen LogP contribution in [0.4, 0.5) is 5.69 Å². The van der Waals surface area contributed by atoms with Crippen LogP contribution >= 0.6 is 15.9 Å². The van der Waals surface area contributed by atoms with Crippen LogP contribution in [0.3, 0.4) is 0 Å². The average molecular weight is 334 g/mol. The molecule has 0 unspecified atom stereocenters. The molecule has 104 valence electrons. The lowest BCUT2D eigenvalue weighted by molar-refractivity contribution is 0.296. The molecule has 0 aliphatic carbocycles. The van der Waals surface area contributed by atoms with E-state index in [1.807, 2.05) is 36.4 Å². The van der Waals surface area contributed by atoms with E-state index in [1.165, 1.54) is 0 Å². The van der Waals surface area contributed by atoms with Gasteiger partial charge in [0.15, 0.2) is 11.5 Å². The van der Waals surface area contributed by atoms with Gasteiger partial charge in [0.2, 0.25) is 0 Å². The van der Waals surface area contributed by atoms with Crippen molar-refractivity contribution in [1.82, 2.24) is 0 Å². The largest absolute Gasteiger partial charge is 0.490 e. The number of para-hydroxylation sites is 2. The molecule has 0 aromatic heterocycles. The summed E-state index contributed by atoms with van der Waals surface area (Å²) in [6, 6.07) is 14.1. The summed E-state index contributed by atoms with van der Waals surface area (Å²) in [5.74, 6) is 1.71. The maximum atomic E-state index is 5.82. The van der Waals surface area contributed by atoms with Crippen LogP contribution in [0.2, 0.25) is 0 Å². The van der Waals surface area contributed by atoms with Gasteiger partial charge in [-0.05, 0) is 34.1 Å². The summed E-state index contributed by atoms with van der Waals surface area (Å²) in [6.07, 6.45) is 0.922. The van der Waals surface area contributed by atoms with Crippen LogP contribution in [0, 0.1) is 0 Å². The number of hydrogen-bond acceptors (Lipinski definition) is 3. The Balaban J connectivity index is 1.80. The van der Waals surface area contributed by atoms with Crippen LogP contribution in [0.25, 0.3) is 0 Å². The summed E-state index contributed by atoms with van der Waals surface area (Å²) in [5, 5.41) is 3.42. The lowest BCUT2D eigenvalue weighted by Gasteiger charge is -2.14. The van der Waals surface area contributed by atoms with Crippen LogP contribution in [-0.2, 0) is 6.54 Å². The Kier molecular flexibility index (Phi) is 4.11. The van der Waals surface area contributed by atoms with Crippen molar-refractivity contribution in [3.8, 4) is 11.5 Å². The van der Waals surface area contributed by atoms with Gasteiger partial charge in [-0.3, -0.25) is 0 Å². The molecule has 2 aromatic rings. The first-order chi connectivity index (χ1) is 9.84. The molecule has 0 saturated heterocycles. The van der Waals surface area contributed by atoms with Crippen molar-refractivity contribution in [2.75, 3.05) is 18.5 Å². The predicted molar refractivity (Wildman–Crippen MR) is 83.5 cm³/mol. The molecule has 1 heterocycles. The van der Waals surface area contributed by atoms with Crippen LogP contribution in [0.1, 0.15) is 12.0 Å². The predicted octanol–water partition coefficient (Wildman–Crippen LogP) is 4.22. The summed E-state index contributed by atoms with van der Waals surface area (Å²) in [6.45, 7) is 2.13. The molecule has 0 radical (unpaired) electrons. The Morgan fingerprint density at radius 3 is 2.75 bits per heavy atom. The molecule has 0 atom stereocenters. The molecule has 0 fully saturated rings. The van der Waals surface area contributed by atoms with Gasteiger partial charge < -0.3 is 14.8 Å². The Hall–Kier alpha value is -1.68. The van der Waals surface area contributed by atoms with Gasteiger partial charge in [0.05, 0.1) is 13.2 Å². The zero-order chi connectivity index (χ0) is 13.8. The van der Waals surface area contributed by atoms with Gasteiger partial charge in [-0.25, -0.2) is 0 Å². The highest BCUT2D eigenvalue weighted by molar-refractivity contribution is 9.10. The van der Waals surface area contributed by atoms with Gasteiger partial charge in [0.25, 0.3) is 0 Å². The Morgan fingerprint density at radius 1 is 1.00 bits per heavy atom. The quantitative estimate of drug-likeness (QED) is 0.912. The standard InChI is InChI=1S/C16H16BrNO2/c17-13-6-1-2-7-14(13)18-11-12-5-3-8-15-16(12)20-10-4-9-19-15/h1-3,5-8,18H,4,9-11H2. The Bertz CT molecular complexity index is 601. The molecule has 3 nitrogen and oxygen atoms in total. The molecular formula is C16H16BrNO2. The Labute approximate surface area is 127 Å². The smallest absolute Gasteiger partial charge is 0.166 e. The third-order valence-corrected chi connectivity index (χ3v) is 3.89. The number of nitrogens with one attached hydrogen (secondary N) is 1. The summed E-state index contributed by atoms with van der Waals surface area (Å²) in [7, 11) is 0. The second-order valence-electron chi connectivity index (χ2n) is 4.63. The molecule has 1 aliphatic heterocycles. The number of anilines is 1.